The molecule has 3 saturated heterocycles. The van der Waals surface area contributed by atoms with E-state index in [0.29, 0.717) is 38.5 Å². The van der Waals surface area contributed by atoms with Gasteiger partial charge >= 0.3 is 11.9 Å². The van der Waals surface area contributed by atoms with Crippen LogP contribution < -0.4 is 0 Å². The van der Waals surface area contributed by atoms with Crippen LogP contribution in [0.2, 0.25) is 0 Å². The maximum atomic E-state index is 14.7. The van der Waals surface area contributed by atoms with Gasteiger partial charge in [0.1, 0.15) is 67.1 Å². The van der Waals surface area contributed by atoms with Crippen molar-refractivity contribution in [1.29, 1.82) is 0 Å². The molecule has 12 N–H and O–H groups in total. The lowest BCUT2D eigenvalue weighted by molar-refractivity contribution is -0.369. The van der Waals surface area contributed by atoms with Gasteiger partial charge in [-0.2, -0.15) is 0 Å². The fraction of sp³-hybridized carbons (Fsp3) is 0.917. The second-order valence-electron chi connectivity index (χ2n) is 23.7. The number of hydrogen-bond donors (Lipinski definition) is 12. The van der Waals surface area contributed by atoms with E-state index < -0.39 is 146 Å². The van der Waals surface area contributed by atoms with Crippen molar-refractivity contribution in [3.8, 4) is 0 Å². The first-order valence-corrected chi connectivity index (χ1v) is 24.4. The van der Waals surface area contributed by atoms with Crippen molar-refractivity contribution in [2.75, 3.05) is 13.2 Å². The van der Waals surface area contributed by atoms with Gasteiger partial charge in [0.05, 0.1) is 30.8 Å². The molecule has 5 aliphatic carbocycles. The van der Waals surface area contributed by atoms with Crippen molar-refractivity contribution < 1.29 is 99.3 Å². The first-order chi connectivity index (χ1) is 31.6. The van der Waals surface area contributed by atoms with Crippen LogP contribution in [0.4, 0.5) is 0 Å². The van der Waals surface area contributed by atoms with Crippen molar-refractivity contribution in [3.05, 3.63) is 11.6 Å². The zero-order chi connectivity index (χ0) is 50.0. The second kappa shape index (κ2) is 18.2. The van der Waals surface area contributed by atoms with Gasteiger partial charge < -0.3 is 89.7 Å². The van der Waals surface area contributed by atoms with Gasteiger partial charge in [0, 0.05) is 0 Å². The number of rotatable bonds is 9. The number of esters is 1. The number of carbonyl (C=O) groups is 2. The number of allylic oxidation sites excluding steroid dienone is 2. The summed E-state index contributed by atoms with van der Waals surface area (Å²) in [4.78, 5) is 27.1. The fourth-order valence-corrected chi connectivity index (χ4v) is 15.2. The number of carboxylic acids is 1. The summed E-state index contributed by atoms with van der Waals surface area (Å²) in [5.74, 6) is -2.42. The molecule has 0 unspecified atom stereocenters. The Bertz CT molecular complexity index is 1910. The lowest BCUT2D eigenvalue weighted by atomic mass is 9.33. The number of carboxylic acid groups (broad SMARTS) is 1. The maximum absolute atomic E-state index is 14.7. The van der Waals surface area contributed by atoms with Crippen molar-refractivity contribution >= 4 is 11.9 Å². The van der Waals surface area contributed by atoms with Crippen molar-refractivity contribution in [3.63, 3.8) is 0 Å². The van der Waals surface area contributed by atoms with Gasteiger partial charge in [0.2, 0.25) is 6.29 Å². The van der Waals surface area contributed by atoms with Crippen LogP contribution in [0.1, 0.15) is 106 Å². The molecule has 388 valence electrons. The summed E-state index contributed by atoms with van der Waals surface area (Å²) in [7, 11) is 0. The summed E-state index contributed by atoms with van der Waals surface area (Å²) in [6, 6.07) is 0. The van der Waals surface area contributed by atoms with Crippen molar-refractivity contribution in [2.24, 2.45) is 50.2 Å². The van der Waals surface area contributed by atoms with E-state index in [1.54, 1.807) is 0 Å². The van der Waals surface area contributed by atoms with Crippen LogP contribution in [0.5, 0.6) is 0 Å². The Hall–Kier alpha value is -1.96. The van der Waals surface area contributed by atoms with E-state index in [1.165, 1.54) is 5.57 Å². The van der Waals surface area contributed by atoms with Crippen LogP contribution in [0.15, 0.2) is 11.6 Å². The van der Waals surface area contributed by atoms with Gasteiger partial charge in [-0.25, -0.2) is 4.79 Å². The molecular formula is C48H76O20. The molecule has 0 spiro atoms. The number of ether oxygens (including phenoxy) is 6. The summed E-state index contributed by atoms with van der Waals surface area (Å²) < 4.78 is 34.9. The van der Waals surface area contributed by atoms with Gasteiger partial charge in [0.25, 0.3) is 0 Å². The first-order valence-electron chi connectivity index (χ1n) is 24.4. The van der Waals surface area contributed by atoms with Crippen LogP contribution in [-0.4, -0.2) is 191 Å². The average Bonchev–Trinajstić information content (AvgIpc) is 3.26. The molecule has 4 saturated carbocycles. The van der Waals surface area contributed by atoms with Gasteiger partial charge in [-0.15, -0.1) is 0 Å². The molecule has 7 fully saturated rings. The van der Waals surface area contributed by atoms with E-state index in [1.807, 2.05) is 13.8 Å². The summed E-state index contributed by atoms with van der Waals surface area (Å²) >= 11 is 0. The molecular weight excluding hydrogens is 897 g/mol. The van der Waals surface area contributed by atoms with Crippen LogP contribution in [0.25, 0.3) is 0 Å². The average molecular weight is 973 g/mol. The standard InChI is InChI=1S/C48H76O20/c1-43(2)12-14-48(42(62)68-40-32(57)30(55)28(53)24(19-50)64-40)15-13-46(6)20(21(48)16-43)8-9-26-45(5)17-22(51)37(44(3,4)25(45)10-11-47(26,46)7)67-41-34(59)35(33(58)36(66-41)38(60)61)65-39-31(56)29(54)27(52)23(18-49)63-39/h8,21-37,39-41,49-59H,9-19H2,1-7H3,(H,60,61)/t21-,22-,23+,24+,25-,26+,27-,28+,29-,30-,31+,32+,33-,34+,35-,36-,37-,39-,40-,41-,45-,46+,47+,48-/m0/s1. The summed E-state index contributed by atoms with van der Waals surface area (Å²) in [6.45, 7) is 13.7. The largest absolute Gasteiger partial charge is 0.479 e. The van der Waals surface area contributed by atoms with Gasteiger partial charge in [0.15, 0.2) is 18.7 Å². The topological polar surface area (TPSA) is 332 Å². The molecule has 0 aromatic carbocycles. The molecule has 3 aliphatic heterocycles. The zero-order valence-corrected chi connectivity index (χ0v) is 40.0. The van der Waals surface area contributed by atoms with Crippen LogP contribution in [0.3, 0.4) is 0 Å². The smallest absolute Gasteiger partial charge is 0.335 e. The third-order valence-electron chi connectivity index (χ3n) is 19.2. The number of hydrogen-bond acceptors (Lipinski definition) is 19. The molecule has 68 heavy (non-hydrogen) atoms. The Morgan fingerprint density at radius 2 is 1.22 bits per heavy atom. The van der Waals surface area contributed by atoms with E-state index >= 15 is 0 Å². The van der Waals surface area contributed by atoms with E-state index in [0.717, 1.165) is 12.8 Å². The number of fused-ring (bicyclic) bond motifs is 7. The molecule has 8 aliphatic rings. The van der Waals surface area contributed by atoms with Gasteiger partial charge in [-0.3, -0.25) is 4.79 Å². The monoisotopic (exact) mass is 972 g/mol. The number of aliphatic hydroxyl groups excluding tert-OH is 11. The lowest BCUT2D eigenvalue weighted by Gasteiger charge is -2.71. The lowest BCUT2D eigenvalue weighted by Crippen LogP contribution is -2.69. The Morgan fingerprint density at radius 3 is 1.82 bits per heavy atom. The molecule has 20 heteroatoms. The van der Waals surface area contributed by atoms with E-state index in [4.69, 9.17) is 28.4 Å². The molecule has 0 bridgehead atoms. The molecule has 3 heterocycles. The van der Waals surface area contributed by atoms with E-state index in [-0.39, 0.29) is 40.4 Å². The summed E-state index contributed by atoms with van der Waals surface area (Å²) in [6.07, 6.45) is -20.5. The Kier molecular flexibility index (Phi) is 14.0. The molecule has 8 rings (SSSR count). The minimum Gasteiger partial charge on any atom is -0.479 e. The van der Waals surface area contributed by atoms with E-state index in [2.05, 4.69) is 40.7 Å². The van der Waals surface area contributed by atoms with Gasteiger partial charge in [-0.1, -0.05) is 60.1 Å². The Balaban J connectivity index is 1.05. The third-order valence-corrected chi connectivity index (χ3v) is 19.2. The van der Waals surface area contributed by atoms with Crippen LogP contribution >= 0.6 is 0 Å². The molecule has 0 aromatic heterocycles. The summed E-state index contributed by atoms with van der Waals surface area (Å²) in [5, 5.41) is 128. The quantitative estimate of drug-likeness (QED) is 0.0765. The second-order valence-corrected chi connectivity index (χ2v) is 23.7. The highest BCUT2D eigenvalue weighted by Crippen LogP contribution is 2.76. The first kappa shape index (κ1) is 52.4. The molecule has 0 amide bonds. The SMILES string of the molecule is CC1(C)CC[C@]2(C(=O)O[C@@H]3O[C@H](CO)[C@@H](O)[C@H](O)[C@H]3O)CC[C@]3(C)C(=CC[C@@H]4[C@@]5(C)C[C@H](O)[C@H](O[C@@H]6O[C@H](C(=O)O)[C@@H](O)[C@H](O[C@@H]7O[C@H](CO)[C@H](O)[C@H](O)[C@H]7O)[C@H]6O)C(C)(C)[C@@H]5CC[C@]43C)[C@@H]2C1. The maximum Gasteiger partial charge on any atom is 0.335 e. The minimum atomic E-state index is -2.04. The van der Waals surface area contributed by atoms with Crippen molar-refractivity contribution in [2.45, 2.75) is 211 Å². The number of carbonyl (C=O) groups excluding carboxylic acids is 1. The van der Waals surface area contributed by atoms with E-state index in [9.17, 15) is 70.9 Å². The molecule has 20 nitrogen and oxygen atoms in total. The number of aliphatic hydroxyl groups is 11. The van der Waals surface area contributed by atoms with Crippen LogP contribution in [0, 0.1) is 50.2 Å². The predicted molar refractivity (Wildman–Crippen MR) is 232 cm³/mol. The predicted octanol–water partition coefficient (Wildman–Crippen LogP) is -0.796. The number of aliphatic carboxylic acids is 1. The minimum absolute atomic E-state index is 0.0434. The third kappa shape index (κ3) is 8.03. The molecule has 0 aromatic rings. The van der Waals surface area contributed by atoms with Gasteiger partial charge in [-0.05, 0) is 103 Å². The Morgan fingerprint density at radius 1 is 0.647 bits per heavy atom. The highest BCUT2D eigenvalue weighted by Gasteiger charge is 2.71. The summed E-state index contributed by atoms with van der Waals surface area (Å²) in [5.41, 5.74) is -1.90. The molecule has 24 atom stereocenters. The highest BCUT2D eigenvalue weighted by molar-refractivity contribution is 5.79. The normalized spacial score (nSPS) is 53.1. The van der Waals surface area contributed by atoms with Crippen LogP contribution in [-0.2, 0) is 38.0 Å². The highest BCUT2D eigenvalue weighted by atomic mass is 16.7. The Labute approximate surface area is 396 Å². The van der Waals surface area contributed by atoms with Crippen molar-refractivity contribution in [1.82, 2.24) is 0 Å². The zero-order valence-electron chi connectivity index (χ0n) is 40.0. The fourth-order valence-electron chi connectivity index (χ4n) is 15.2. The molecule has 0 radical (unpaired) electrons.